The zero-order chi connectivity index (χ0) is 16.7. The fourth-order valence-corrected chi connectivity index (χ4v) is 1.83. The van der Waals surface area contributed by atoms with Crippen molar-refractivity contribution >= 4 is 17.6 Å². The molecule has 0 heterocycles. The lowest BCUT2D eigenvalue weighted by Gasteiger charge is -2.11. The van der Waals surface area contributed by atoms with Crippen LogP contribution in [-0.4, -0.2) is 19.0 Å². The molecule has 0 atom stereocenters. The van der Waals surface area contributed by atoms with Crippen LogP contribution in [0.5, 0.6) is 11.5 Å². The fourth-order valence-electron chi connectivity index (χ4n) is 1.83. The van der Waals surface area contributed by atoms with Crippen LogP contribution in [0, 0.1) is 11.3 Å². The number of hydrogen-bond acceptors (Lipinski definition) is 5. The molecule has 0 fully saturated rings. The molecule has 0 radical (unpaired) electrons. The molecule has 0 spiro atoms. The summed E-state index contributed by atoms with van der Waals surface area (Å²) in [7, 11) is 1.31. The van der Waals surface area contributed by atoms with Gasteiger partial charge in [-0.05, 0) is 36.4 Å². The molecular formula is C17H14N2O4. The zero-order valence-electron chi connectivity index (χ0n) is 12.4. The topological polar surface area (TPSA) is 88.4 Å². The molecule has 2 aromatic rings. The van der Waals surface area contributed by atoms with Crippen molar-refractivity contribution in [2.24, 2.45) is 0 Å². The van der Waals surface area contributed by atoms with E-state index in [2.05, 4.69) is 10.1 Å². The lowest BCUT2D eigenvalue weighted by atomic mass is 10.2. The third kappa shape index (κ3) is 4.32. The molecule has 1 N–H and O–H groups in total. The average Bonchev–Trinajstić information content (AvgIpc) is 2.57. The molecule has 0 aliphatic carbocycles. The number of nitrogens with one attached hydrogen (secondary N) is 1. The maximum Gasteiger partial charge on any atom is 0.337 e. The van der Waals surface area contributed by atoms with E-state index in [1.807, 2.05) is 0 Å². The minimum atomic E-state index is -0.430. The van der Waals surface area contributed by atoms with Gasteiger partial charge in [0.2, 0.25) is 5.91 Å². The highest BCUT2D eigenvalue weighted by Gasteiger charge is 2.09. The van der Waals surface area contributed by atoms with Crippen LogP contribution in [-0.2, 0) is 9.53 Å². The molecule has 0 aromatic heterocycles. The summed E-state index contributed by atoms with van der Waals surface area (Å²) in [5.74, 6) is 0.0922. The van der Waals surface area contributed by atoms with Crippen LogP contribution in [0.3, 0.4) is 0 Å². The number of carbonyl (C=O) groups is 2. The number of rotatable bonds is 5. The highest BCUT2D eigenvalue weighted by molar-refractivity contribution is 5.93. The number of amides is 1. The summed E-state index contributed by atoms with van der Waals surface area (Å²) in [6.45, 7) is 0. The monoisotopic (exact) mass is 310 g/mol. The lowest BCUT2D eigenvalue weighted by Crippen LogP contribution is -2.10. The van der Waals surface area contributed by atoms with Crippen molar-refractivity contribution in [2.45, 2.75) is 6.42 Å². The Hall–Kier alpha value is -3.33. The van der Waals surface area contributed by atoms with Gasteiger partial charge < -0.3 is 14.8 Å². The van der Waals surface area contributed by atoms with Gasteiger partial charge in [0.15, 0.2) is 5.75 Å². The van der Waals surface area contributed by atoms with Gasteiger partial charge in [-0.2, -0.15) is 5.26 Å². The van der Waals surface area contributed by atoms with E-state index in [1.54, 1.807) is 54.6 Å². The van der Waals surface area contributed by atoms with Crippen LogP contribution in [0.25, 0.3) is 0 Å². The second-order valence-corrected chi connectivity index (χ2v) is 4.50. The Labute approximate surface area is 133 Å². The maximum absolute atomic E-state index is 11.5. The van der Waals surface area contributed by atoms with Crippen LogP contribution in [0.4, 0.5) is 5.69 Å². The molecule has 0 aliphatic rings. The van der Waals surface area contributed by atoms with Crippen molar-refractivity contribution in [3.63, 3.8) is 0 Å². The van der Waals surface area contributed by atoms with Crippen LogP contribution in [0.15, 0.2) is 48.5 Å². The summed E-state index contributed by atoms with van der Waals surface area (Å²) in [6.07, 6.45) is -0.234. The highest BCUT2D eigenvalue weighted by atomic mass is 16.5. The minimum absolute atomic E-state index is 0.234. The average molecular weight is 310 g/mol. The van der Waals surface area contributed by atoms with Crippen molar-refractivity contribution < 1.29 is 19.1 Å². The van der Waals surface area contributed by atoms with Crippen LogP contribution < -0.4 is 10.1 Å². The summed E-state index contributed by atoms with van der Waals surface area (Å²) in [6, 6.07) is 15.1. The van der Waals surface area contributed by atoms with E-state index in [0.29, 0.717) is 22.7 Å². The Balaban J connectivity index is 2.15. The van der Waals surface area contributed by atoms with Gasteiger partial charge >= 0.3 is 5.97 Å². The second kappa shape index (κ2) is 7.61. The first kappa shape index (κ1) is 16.0. The van der Waals surface area contributed by atoms with Gasteiger partial charge in [-0.1, -0.05) is 12.1 Å². The third-order valence-electron chi connectivity index (χ3n) is 2.90. The normalized spacial score (nSPS) is 9.57. The maximum atomic E-state index is 11.5. The van der Waals surface area contributed by atoms with Crippen molar-refractivity contribution in [1.82, 2.24) is 0 Å². The van der Waals surface area contributed by atoms with Crippen molar-refractivity contribution in [2.75, 3.05) is 12.4 Å². The first-order valence-corrected chi connectivity index (χ1v) is 6.76. The molecule has 0 aliphatic heterocycles. The Morgan fingerprint density at radius 2 is 1.83 bits per heavy atom. The smallest absolute Gasteiger partial charge is 0.337 e. The molecule has 23 heavy (non-hydrogen) atoms. The van der Waals surface area contributed by atoms with Crippen LogP contribution in [0.1, 0.15) is 16.8 Å². The van der Waals surface area contributed by atoms with E-state index in [-0.39, 0.29) is 6.42 Å². The predicted molar refractivity (Wildman–Crippen MR) is 83.2 cm³/mol. The lowest BCUT2D eigenvalue weighted by molar-refractivity contribution is -0.115. The molecule has 2 rings (SSSR count). The summed E-state index contributed by atoms with van der Waals surface area (Å²) in [5, 5.41) is 11.1. The predicted octanol–water partition coefficient (Wildman–Crippen LogP) is 3.12. The van der Waals surface area contributed by atoms with Gasteiger partial charge in [0.05, 0.1) is 24.4 Å². The molecule has 6 heteroatoms. The van der Waals surface area contributed by atoms with Gasteiger partial charge in [0.1, 0.15) is 12.2 Å². The van der Waals surface area contributed by atoms with Crippen molar-refractivity contribution in [3.8, 4) is 17.6 Å². The molecule has 0 saturated carbocycles. The fraction of sp³-hybridized carbons (Fsp3) is 0.118. The Bertz CT molecular complexity index is 748. The van der Waals surface area contributed by atoms with Crippen LogP contribution in [0.2, 0.25) is 0 Å². The van der Waals surface area contributed by atoms with E-state index >= 15 is 0 Å². The second-order valence-electron chi connectivity index (χ2n) is 4.50. The number of hydrogen-bond donors (Lipinski definition) is 1. The largest absolute Gasteiger partial charge is 0.465 e. The number of esters is 1. The highest BCUT2D eigenvalue weighted by Crippen LogP contribution is 2.29. The zero-order valence-corrected chi connectivity index (χ0v) is 12.4. The van der Waals surface area contributed by atoms with E-state index in [0.717, 1.165) is 0 Å². The minimum Gasteiger partial charge on any atom is -0.465 e. The SMILES string of the molecule is COC(=O)c1ccc(Oc2ccccc2NC(=O)CC#N)cc1. The number of carbonyl (C=O) groups excluding carboxylic acids is 2. The Kier molecular flexibility index (Phi) is 5.31. The summed E-state index contributed by atoms with van der Waals surface area (Å²) >= 11 is 0. The quantitative estimate of drug-likeness (QED) is 0.857. The van der Waals surface area contributed by atoms with E-state index < -0.39 is 11.9 Å². The van der Waals surface area contributed by atoms with Crippen molar-refractivity contribution in [1.29, 1.82) is 5.26 Å². The van der Waals surface area contributed by atoms with Gasteiger partial charge in [-0.3, -0.25) is 4.79 Å². The molecule has 0 unspecified atom stereocenters. The van der Waals surface area contributed by atoms with E-state index in [4.69, 9.17) is 10.00 Å². The molecule has 6 nitrogen and oxygen atoms in total. The first-order valence-electron chi connectivity index (χ1n) is 6.76. The number of nitrogens with zero attached hydrogens (tertiary/aromatic N) is 1. The number of nitriles is 1. The number of methoxy groups -OCH3 is 1. The molecule has 0 saturated heterocycles. The Morgan fingerprint density at radius 3 is 2.48 bits per heavy atom. The molecule has 0 bridgehead atoms. The first-order chi connectivity index (χ1) is 11.1. The van der Waals surface area contributed by atoms with Gasteiger partial charge in [-0.25, -0.2) is 4.79 Å². The van der Waals surface area contributed by atoms with Gasteiger partial charge in [0, 0.05) is 0 Å². The van der Waals surface area contributed by atoms with Gasteiger partial charge in [0.25, 0.3) is 0 Å². The standard InChI is InChI=1S/C17H14N2O4/c1-22-17(21)12-6-8-13(9-7-12)23-15-5-3-2-4-14(15)19-16(20)10-11-18/h2-9H,10H2,1H3,(H,19,20). The van der Waals surface area contributed by atoms with E-state index in [1.165, 1.54) is 7.11 Å². The number of benzene rings is 2. The number of ether oxygens (including phenoxy) is 2. The molecule has 116 valence electrons. The Morgan fingerprint density at radius 1 is 1.13 bits per heavy atom. The molecular weight excluding hydrogens is 296 g/mol. The molecule has 2 aromatic carbocycles. The van der Waals surface area contributed by atoms with Gasteiger partial charge in [-0.15, -0.1) is 0 Å². The summed E-state index contributed by atoms with van der Waals surface area (Å²) in [5.41, 5.74) is 0.875. The summed E-state index contributed by atoms with van der Waals surface area (Å²) in [4.78, 5) is 22.9. The van der Waals surface area contributed by atoms with Crippen LogP contribution >= 0.6 is 0 Å². The van der Waals surface area contributed by atoms with E-state index in [9.17, 15) is 9.59 Å². The van der Waals surface area contributed by atoms with Crippen molar-refractivity contribution in [3.05, 3.63) is 54.1 Å². The number of anilines is 1. The number of para-hydroxylation sites is 2. The molecule has 1 amide bonds. The third-order valence-corrected chi connectivity index (χ3v) is 2.90. The summed E-state index contributed by atoms with van der Waals surface area (Å²) < 4.78 is 10.3.